The van der Waals surface area contributed by atoms with E-state index in [1.807, 2.05) is 12.1 Å². The molecule has 0 saturated carbocycles. The number of aromatic nitrogens is 2. The summed E-state index contributed by atoms with van der Waals surface area (Å²) in [5.41, 5.74) is 8.95. The predicted molar refractivity (Wildman–Crippen MR) is 138 cm³/mol. The highest BCUT2D eigenvalue weighted by Gasteiger charge is 2.12. The van der Waals surface area contributed by atoms with Gasteiger partial charge in [0.25, 0.3) is 0 Å². The Bertz CT molecular complexity index is 1240. The molecule has 0 unspecified atom stereocenters. The third-order valence-corrected chi connectivity index (χ3v) is 5.88. The molecule has 33 heavy (non-hydrogen) atoms. The van der Waals surface area contributed by atoms with Crippen molar-refractivity contribution in [3.63, 3.8) is 0 Å². The molecular weight excluding hydrogens is 400 g/mol. The summed E-state index contributed by atoms with van der Waals surface area (Å²) >= 11 is 0. The summed E-state index contributed by atoms with van der Waals surface area (Å²) in [6.07, 6.45) is 0. The van der Waals surface area contributed by atoms with Gasteiger partial charge >= 0.3 is 0 Å². The van der Waals surface area contributed by atoms with E-state index >= 15 is 0 Å². The molecule has 0 aliphatic rings. The van der Waals surface area contributed by atoms with Crippen LogP contribution < -0.4 is 0 Å². The zero-order chi connectivity index (χ0) is 22.6. The molecule has 0 bridgehead atoms. The van der Waals surface area contributed by atoms with Crippen LogP contribution in [0.1, 0.15) is 25.5 Å². The van der Waals surface area contributed by atoms with Gasteiger partial charge in [0.2, 0.25) is 0 Å². The summed E-state index contributed by atoms with van der Waals surface area (Å²) < 4.78 is 0. The lowest BCUT2D eigenvalue weighted by molar-refractivity contribution is 0.818. The van der Waals surface area contributed by atoms with E-state index in [-0.39, 0.29) is 0 Å². The Kier molecular flexibility index (Phi) is 5.82. The van der Waals surface area contributed by atoms with Crippen LogP contribution in [0.15, 0.2) is 115 Å². The van der Waals surface area contributed by atoms with E-state index in [2.05, 4.69) is 117 Å². The summed E-state index contributed by atoms with van der Waals surface area (Å²) in [5, 5.41) is 0. The molecule has 1 aromatic heterocycles. The average molecular weight is 427 g/mol. The van der Waals surface area contributed by atoms with Crippen molar-refractivity contribution < 1.29 is 0 Å². The summed E-state index contributed by atoms with van der Waals surface area (Å²) in [5.74, 6) is 1.08. The first kappa shape index (κ1) is 20.8. The van der Waals surface area contributed by atoms with Crippen molar-refractivity contribution in [2.24, 2.45) is 0 Å². The van der Waals surface area contributed by atoms with Crippen molar-refractivity contribution in [2.45, 2.75) is 19.8 Å². The molecule has 0 atom stereocenters. The van der Waals surface area contributed by atoms with Crippen LogP contribution in [0.4, 0.5) is 0 Å². The Labute approximate surface area is 195 Å². The van der Waals surface area contributed by atoms with Gasteiger partial charge in [0.05, 0.1) is 5.69 Å². The Morgan fingerprint density at radius 3 is 1.36 bits per heavy atom. The lowest BCUT2D eigenvalue weighted by Crippen LogP contribution is -2.00. The summed E-state index contributed by atoms with van der Waals surface area (Å²) in [6.45, 7) is 4.35. The Morgan fingerprint density at radius 1 is 0.455 bits per heavy atom. The van der Waals surface area contributed by atoms with Gasteiger partial charge in [-0.2, -0.15) is 0 Å². The van der Waals surface area contributed by atoms with Crippen molar-refractivity contribution in [1.29, 1.82) is 0 Å². The topological polar surface area (TPSA) is 25.8 Å². The highest BCUT2D eigenvalue weighted by atomic mass is 14.9. The van der Waals surface area contributed by atoms with Gasteiger partial charge in [-0.25, -0.2) is 9.97 Å². The summed E-state index contributed by atoms with van der Waals surface area (Å²) in [6, 6.07) is 40.1. The van der Waals surface area contributed by atoms with Gasteiger partial charge in [0.1, 0.15) is 0 Å². The van der Waals surface area contributed by atoms with E-state index in [9.17, 15) is 0 Å². The standard InChI is InChI=1S/C31H26N2/c1-22(2)29-21-30(27-17-13-25(14-18-27)23-9-5-3-6-10-23)33-31(32-29)28-19-15-26(16-20-28)24-11-7-4-8-12-24/h3-22H,1-2H3. The van der Waals surface area contributed by atoms with E-state index in [1.54, 1.807) is 0 Å². The quantitative estimate of drug-likeness (QED) is 0.283. The van der Waals surface area contributed by atoms with Crippen LogP contribution in [-0.2, 0) is 0 Å². The minimum atomic E-state index is 0.317. The molecule has 2 nitrogen and oxygen atoms in total. The number of benzene rings is 4. The molecule has 160 valence electrons. The fraction of sp³-hybridized carbons (Fsp3) is 0.0968. The molecule has 0 spiro atoms. The molecular formula is C31H26N2. The highest BCUT2D eigenvalue weighted by Crippen LogP contribution is 2.29. The van der Waals surface area contributed by atoms with Crippen molar-refractivity contribution in [3.8, 4) is 44.9 Å². The first-order valence-corrected chi connectivity index (χ1v) is 11.4. The minimum Gasteiger partial charge on any atom is -0.233 e. The van der Waals surface area contributed by atoms with E-state index in [0.29, 0.717) is 5.92 Å². The maximum absolute atomic E-state index is 4.95. The predicted octanol–water partition coefficient (Wildman–Crippen LogP) is 8.27. The van der Waals surface area contributed by atoms with Gasteiger partial charge in [-0.1, -0.05) is 123 Å². The van der Waals surface area contributed by atoms with Crippen LogP contribution in [0.25, 0.3) is 44.9 Å². The van der Waals surface area contributed by atoms with Crippen LogP contribution in [0, 0.1) is 0 Å². The molecule has 0 radical (unpaired) electrons. The van der Waals surface area contributed by atoms with Crippen LogP contribution in [0.3, 0.4) is 0 Å². The highest BCUT2D eigenvalue weighted by molar-refractivity contribution is 5.71. The molecule has 0 aliphatic carbocycles. The van der Waals surface area contributed by atoms with Crippen molar-refractivity contribution in [2.75, 3.05) is 0 Å². The molecule has 5 aromatic rings. The average Bonchev–Trinajstić information content (AvgIpc) is 2.89. The fourth-order valence-corrected chi connectivity index (χ4v) is 3.95. The molecule has 0 fully saturated rings. The SMILES string of the molecule is CC(C)c1cc(-c2ccc(-c3ccccc3)cc2)nc(-c2ccc(-c3ccccc3)cc2)n1. The Balaban J connectivity index is 1.50. The third kappa shape index (κ3) is 4.61. The second-order valence-corrected chi connectivity index (χ2v) is 8.54. The van der Waals surface area contributed by atoms with E-state index in [4.69, 9.17) is 9.97 Å². The largest absolute Gasteiger partial charge is 0.233 e. The van der Waals surface area contributed by atoms with E-state index in [1.165, 1.54) is 22.3 Å². The van der Waals surface area contributed by atoms with Gasteiger partial charge in [0.15, 0.2) is 5.82 Å². The zero-order valence-electron chi connectivity index (χ0n) is 18.9. The molecule has 4 aromatic carbocycles. The molecule has 0 aliphatic heterocycles. The molecule has 2 heteroatoms. The van der Waals surface area contributed by atoms with Crippen LogP contribution in [-0.4, -0.2) is 9.97 Å². The Morgan fingerprint density at radius 2 is 0.879 bits per heavy atom. The first-order valence-electron chi connectivity index (χ1n) is 11.4. The van der Waals surface area contributed by atoms with Crippen LogP contribution >= 0.6 is 0 Å². The van der Waals surface area contributed by atoms with Crippen LogP contribution in [0.5, 0.6) is 0 Å². The minimum absolute atomic E-state index is 0.317. The van der Waals surface area contributed by atoms with E-state index in [0.717, 1.165) is 28.3 Å². The first-order chi connectivity index (χ1) is 16.2. The number of hydrogen-bond acceptors (Lipinski definition) is 2. The van der Waals surface area contributed by atoms with Gasteiger partial charge in [-0.15, -0.1) is 0 Å². The van der Waals surface area contributed by atoms with Crippen molar-refractivity contribution in [1.82, 2.24) is 9.97 Å². The van der Waals surface area contributed by atoms with Crippen molar-refractivity contribution in [3.05, 3.63) is 121 Å². The third-order valence-electron chi connectivity index (χ3n) is 5.88. The molecule has 1 heterocycles. The second-order valence-electron chi connectivity index (χ2n) is 8.54. The lowest BCUT2D eigenvalue weighted by Gasteiger charge is -2.12. The zero-order valence-corrected chi connectivity index (χ0v) is 18.9. The fourth-order valence-electron chi connectivity index (χ4n) is 3.95. The summed E-state index contributed by atoms with van der Waals surface area (Å²) in [4.78, 5) is 9.84. The van der Waals surface area contributed by atoms with Gasteiger partial charge in [-0.05, 0) is 34.2 Å². The summed E-state index contributed by atoms with van der Waals surface area (Å²) in [7, 11) is 0. The van der Waals surface area contributed by atoms with Gasteiger partial charge in [-0.3, -0.25) is 0 Å². The maximum atomic E-state index is 4.95. The molecule has 0 saturated heterocycles. The van der Waals surface area contributed by atoms with Gasteiger partial charge in [0, 0.05) is 16.8 Å². The van der Waals surface area contributed by atoms with E-state index < -0.39 is 0 Å². The monoisotopic (exact) mass is 426 g/mol. The number of rotatable bonds is 5. The van der Waals surface area contributed by atoms with Gasteiger partial charge < -0.3 is 0 Å². The molecule has 5 rings (SSSR count). The number of hydrogen-bond donors (Lipinski definition) is 0. The smallest absolute Gasteiger partial charge is 0.160 e. The maximum Gasteiger partial charge on any atom is 0.160 e. The number of nitrogens with zero attached hydrogens (tertiary/aromatic N) is 2. The second kappa shape index (κ2) is 9.22. The van der Waals surface area contributed by atoms with Crippen LogP contribution in [0.2, 0.25) is 0 Å². The molecule has 0 N–H and O–H groups in total. The molecule has 0 amide bonds. The Hall–Kier alpha value is -4.04. The normalized spacial score (nSPS) is 11.0. The van der Waals surface area contributed by atoms with Crippen molar-refractivity contribution >= 4 is 0 Å². The lowest BCUT2D eigenvalue weighted by atomic mass is 10.0.